The molecular formula is C28H29ClF3N7O7. The van der Waals surface area contributed by atoms with Crippen molar-refractivity contribution in [3.63, 3.8) is 0 Å². The second kappa shape index (κ2) is 14.6. The van der Waals surface area contributed by atoms with Gasteiger partial charge >= 0.3 is 6.18 Å². The molecule has 0 spiro atoms. The molecule has 0 radical (unpaired) electrons. The first-order valence-electron chi connectivity index (χ1n) is 13.2. The molecule has 4 aromatic rings. The number of anilines is 2. The van der Waals surface area contributed by atoms with Crippen LogP contribution in [0.4, 0.5) is 24.8 Å². The topological polar surface area (TPSA) is 201 Å². The summed E-state index contributed by atoms with van der Waals surface area (Å²) in [6.45, 7) is 2.56. The van der Waals surface area contributed by atoms with E-state index in [-0.39, 0.29) is 41.4 Å². The third kappa shape index (κ3) is 7.84. The number of ketones is 1. The molecule has 0 bridgehead atoms. The lowest BCUT2D eigenvalue weighted by Gasteiger charge is -2.10. The monoisotopic (exact) mass is 667 g/mol. The summed E-state index contributed by atoms with van der Waals surface area (Å²) in [4.78, 5) is 43.1. The Kier molecular flexibility index (Phi) is 11.2. The molecular weight excluding hydrogens is 639 g/mol. The molecule has 0 aliphatic carbocycles. The minimum absolute atomic E-state index is 0.00778. The van der Waals surface area contributed by atoms with Gasteiger partial charge < -0.3 is 40.9 Å². The maximum absolute atomic E-state index is 13.5. The van der Waals surface area contributed by atoms with Crippen LogP contribution in [0.1, 0.15) is 33.6 Å². The molecule has 0 saturated heterocycles. The highest BCUT2D eigenvalue weighted by Gasteiger charge is 2.29. The average Bonchev–Trinajstić information content (AvgIpc) is 3.31. The van der Waals surface area contributed by atoms with Crippen LogP contribution in [0, 0.1) is 0 Å². The van der Waals surface area contributed by atoms with Gasteiger partial charge in [0.05, 0.1) is 27.9 Å². The molecule has 246 valence electrons. The number of hydrogen-bond acceptors (Lipinski definition) is 11. The number of nitrogens with zero attached hydrogens (tertiary/aromatic N) is 4. The largest absolute Gasteiger partial charge is 0.542 e. The highest BCUT2D eigenvalue weighted by Crippen LogP contribution is 2.28. The predicted molar refractivity (Wildman–Crippen MR) is 156 cm³/mol. The van der Waals surface area contributed by atoms with Crippen molar-refractivity contribution in [2.75, 3.05) is 32.8 Å². The van der Waals surface area contributed by atoms with Crippen LogP contribution in [0.5, 0.6) is 17.2 Å². The van der Waals surface area contributed by atoms with Crippen LogP contribution in [-0.2, 0) is 24.4 Å². The lowest BCUT2D eigenvalue weighted by Crippen LogP contribution is -2.44. The van der Waals surface area contributed by atoms with E-state index in [9.17, 15) is 22.8 Å². The molecule has 0 unspecified atom stereocenters. The lowest BCUT2D eigenvalue weighted by molar-refractivity contribution is -0.666. The third-order valence-electron chi connectivity index (χ3n) is 6.47. The first kappa shape index (κ1) is 35.2. The number of halogens is 4. The van der Waals surface area contributed by atoms with Crippen molar-refractivity contribution >= 4 is 51.9 Å². The fraction of sp³-hybridized carbons (Fsp3) is 0.286. The smallest absolute Gasteiger partial charge is 0.430 e. The van der Waals surface area contributed by atoms with E-state index in [1.54, 1.807) is 25.3 Å². The van der Waals surface area contributed by atoms with Gasteiger partial charge in [-0.15, -0.1) is 0 Å². The Morgan fingerprint density at radius 1 is 1.00 bits per heavy atom. The standard InChI is InChI=1S/C26H28ClN7O5.C2HF3O2/c1-5-33-17-11-15(37-2)7-8-16(17)34(13-18(35)14-6-9-19(38-3)20(10-14)39-4)21(33)12-30-26(36)22-24(28)32-25(29)23(27)31-22;3-2(4,5)1(6)7/h6-11H,5,12-13H2,1-4H3,(H4-,28,29,30,32,36);(H,6,7). The number of hydrogen-bond donors (Lipinski definition) is 3. The van der Waals surface area contributed by atoms with Crippen LogP contribution in [0.15, 0.2) is 36.4 Å². The number of nitrogen functional groups attached to an aromatic ring is 2. The van der Waals surface area contributed by atoms with Crippen molar-refractivity contribution in [3.8, 4) is 17.2 Å². The molecule has 0 fully saturated rings. The number of nitrogens with one attached hydrogen (secondary N) is 1. The van der Waals surface area contributed by atoms with Crippen molar-refractivity contribution in [2.24, 2.45) is 0 Å². The molecule has 0 aliphatic rings. The minimum atomic E-state index is -5.19. The number of Topliss-reactive ketones (excluding diaryl/α,β-unsaturated/α-hetero) is 1. The van der Waals surface area contributed by atoms with Gasteiger partial charge in [0, 0.05) is 11.6 Å². The van der Waals surface area contributed by atoms with Crippen LogP contribution < -0.4 is 40.7 Å². The van der Waals surface area contributed by atoms with Gasteiger partial charge in [-0.2, -0.15) is 13.2 Å². The fourth-order valence-corrected chi connectivity index (χ4v) is 4.44. The van der Waals surface area contributed by atoms with Crippen molar-refractivity contribution < 1.29 is 51.4 Å². The first-order chi connectivity index (χ1) is 21.7. The van der Waals surface area contributed by atoms with E-state index in [4.69, 9.17) is 47.2 Å². The van der Waals surface area contributed by atoms with Crippen molar-refractivity contribution in [1.82, 2.24) is 19.9 Å². The Hall–Kier alpha value is -5.32. The molecule has 18 heteroatoms. The number of methoxy groups -OCH3 is 3. The lowest BCUT2D eigenvalue weighted by atomic mass is 10.1. The molecule has 5 N–H and O–H groups in total. The van der Waals surface area contributed by atoms with Crippen LogP contribution in [0.25, 0.3) is 11.0 Å². The molecule has 2 heterocycles. The first-order valence-corrected chi connectivity index (χ1v) is 13.5. The summed E-state index contributed by atoms with van der Waals surface area (Å²) >= 11 is 5.95. The number of imidazole rings is 1. The van der Waals surface area contributed by atoms with Crippen LogP contribution in [0.2, 0.25) is 5.15 Å². The van der Waals surface area contributed by atoms with Crippen LogP contribution in [-0.4, -0.2) is 59.7 Å². The number of ether oxygens (including phenoxy) is 3. The summed E-state index contributed by atoms with van der Waals surface area (Å²) < 4.78 is 51.5. The van der Waals surface area contributed by atoms with E-state index < -0.39 is 18.1 Å². The predicted octanol–water partition coefficient (Wildman–Crippen LogP) is 1.69. The Bertz CT molecular complexity index is 1780. The van der Waals surface area contributed by atoms with E-state index >= 15 is 0 Å². The Labute approximate surface area is 264 Å². The van der Waals surface area contributed by atoms with Gasteiger partial charge in [-0.1, -0.05) is 11.6 Å². The number of fused-ring (bicyclic) bond motifs is 1. The number of carbonyl (C=O) groups excluding carboxylic acids is 3. The number of carbonyl (C=O) groups is 3. The maximum atomic E-state index is 13.5. The third-order valence-corrected chi connectivity index (χ3v) is 6.75. The van der Waals surface area contributed by atoms with E-state index in [0.29, 0.717) is 35.2 Å². The molecule has 0 aliphatic heterocycles. The quantitative estimate of drug-likeness (QED) is 0.164. The summed E-state index contributed by atoms with van der Waals surface area (Å²) in [6, 6.07) is 10.6. The van der Waals surface area contributed by atoms with Crippen molar-refractivity contribution in [3.05, 3.63) is 58.6 Å². The summed E-state index contributed by atoms with van der Waals surface area (Å²) in [6.07, 6.45) is -5.19. The molecule has 2 aromatic heterocycles. The fourth-order valence-electron chi connectivity index (χ4n) is 4.31. The maximum Gasteiger partial charge on any atom is 0.430 e. The van der Waals surface area contributed by atoms with Gasteiger partial charge in [-0.25, -0.2) is 19.1 Å². The van der Waals surface area contributed by atoms with Gasteiger partial charge in [0.25, 0.3) is 11.7 Å². The Morgan fingerprint density at radius 2 is 1.65 bits per heavy atom. The SMILES string of the molecule is CCn1c(CNC(=O)c2nc(Cl)c(N)nc2N)[n+](CC(=O)c2ccc(OC)c(OC)c2)c2ccc(OC)cc21.O=C([O-])C(F)(F)F. The number of aromatic nitrogens is 4. The summed E-state index contributed by atoms with van der Waals surface area (Å²) in [5.41, 5.74) is 13.4. The highest BCUT2D eigenvalue weighted by molar-refractivity contribution is 6.31. The number of nitrogens with two attached hydrogens (primary N) is 2. The zero-order valence-electron chi connectivity index (χ0n) is 24.9. The second-order valence-corrected chi connectivity index (χ2v) is 9.55. The molecule has 2 aromatic carbocycles. The minimum Gasteiger partial charge on any atom is -0.542 e. The van der Waals surface area contributed by atoms with Crippen LogP contribution >= 0.6 is 11.6 Å². The highest BCUT2D eigenvalue weighted by atomic mass is 35.5. The van der Waals surface area contributed by atoms with Crippen molar-refractivity contribution in [1.29, 1.82) is 0 Å². The summed E-state index contributed by atoms with van der Waals surface area (Å²) in [5.74, 6) is -1.70. The van der Waals surface area contributed by atoms with E-state index in [1.165, 1.54) is 14.2 Å². The molecule has 4 rings (SSSR count). The second-order valence-electron chi connectivity index (χ2n) is 9.20. The van der Waals surface area contributed by atoms with Gasteiger partial charge in [0.15, 0.2) is 51.6 Å². The number of aryl methyl sites for hydroxylation is 1. The number of amides is 1. The molecule has 1 amide bonds. The van der Waals surface area contributed by atoms with Gasteiger partial charge in [0.1, 0.15) is 18.3 Å². The summed E-state index contributed by atoms with van der Waals surface area (Å²) in [5, 5.41) is 11.5. The zero-order chi connectivity index (χ0) is 34.3. The number of carboxylic acid groups (broad SMARTS) is 1. The molecule has 0 atom stereocenters. The number of aliphatic carboxylic acids is 1. The van der Waals surface area contributed by atoms with Gasteiger partial charge in [-0.3, -0.25) is 9.59 Å². The normalized spacial score (nSPS) is 11.0. The number of benzene rings is 2. The van der Waals surface area contributed by atoms with Gasteiger partial charge in [0.2, 0.25) is 5.78 Å². The average molecular weight is 668 g/mol. The van der Waals surface area contributed by atoms with Crippen molar-refractivity contribution in [2.45, 2.75) is 32.7 Å². The zero-order valence-corrected chi connectivity index (χ0v) is 25.7. The summed E-state index contributed by atoms with van der Waals surface area (Å²) in [7, 11) is 4.62. The van der Waals surface area contributed by atoms with Crippen LogP contribution in [0.3, 0.4) is 0 Å². The number of carboxylic acids is 1. The molecule has 46 heavy (non-hydrogen) atoms. The number of alkyl halides is 3. The molecule has 0 saturated carbocycles. The van der Waals surface area contributed by atoms with E-state index in [2.05, 4.69) is 15.3 Å². The Balaban J connectivity index is 0.000000738. The van der Waals surface area contributed by atoms with Gasteiger partial charge in [-0.05, 0) is 37.3 Å². The van der Waals surface area contributed by atoms with E-state index in [0.717, 1.165) is 11.0 Å². The number of rotatable bonds is 10. The molecule has 14 nitrogen and oxygen atoms in total. The Morgan fingerprint density at radius 3 is 2.22 bits per heavy atom. The van der Waals surface area contributed by atoms with E-state index in [1.807, 2.05) is 34.3 Å².